The monoisotopic (exact) mass is 331 g/mol. The second kappa shape index (κ2) is 6.49. The summed E-state index contributed by atoms with van der Waals surface area (Å²) in [4.78, 5) is 13.9. The lowest BCUT2D eigenvalue weighted by Gasteiger charge is -2.39. The predicted octanol–water partition coefficient (Wildman–Crippen LogP) is 3.24. The van der Waals surface area contributed by atoms with Gasteiger partial charge in [0.05, 0.1) is 12.7 Å². The second-order valence-electron chi connectivity index (χ2n) is 8.74. The summed E-state index contributed by atoms with van der Waals surface area (Å²) in [6.45, 7) is 17.5. The van der Waals surface area contributed by atoms with Crippen LogP contribution in [0.5, 0.6) is 0 Å². The van der Waals surface area contributed by atoms with Gasteiger partial charge in [-0.2, -0.15) is 0 Å². The molecule has 0 aromatic carbocycles. The van der Waals surface area contributed by atoms with Gasteiger partial charge in [-0.25, -0.2) is 4.79 Å². The minimum atomic E-state index is -1.93. The van der Waals surface area contributed by atoms with Crippen molar-refractivity contribution in [1.29, 1.82) is 0 Å². The largest absolute Gasteiger partial charge is 0.444 e. The summed E-state index contributed by atoms with van der Waals surface area (Å²) in [6, 6.07) is 0. The van der Waals surface area contributed by atoms with E-state index in [2.05, 4.69) is 33.9 Å². The van der Waals surface area contributed by atoms with E-state index >= 15 is 0 Å². The molecule has 0 aliphatic carbocycles. The number of aliphatic hydroxyl groups excluding tert-OH is 1. The Hall–Kier alpha value is -0.593. The molecule has 6 heteroatoms. The molecule has 0 spiro atoms. The van der Waals surface area contributed by atoms with E-state index in [9.17, 15) is 9.90 Å². The number of amides is 1. The van der Waals surface area contributed by atoms with Crippen molar-refractivity contribution in [3.05, 3.63) is 0 Å². The van der Waals surface area contributed by atoms with E-state index in [0.29, 0.717) is 13.1 Å². The van der Waals surface area contributed by atoms with Gasteiger partial charge in [0.1, 0.15) is 5.60 Å². The molecular formula is C16H33NO4Si. The van der Waals surface area contributed by atoms with E-state index in [0.717, 1.165) is 0 Å². The minimum absolute atomic E-state index is 0.0264. The first kappa shape index (κ1) is 19.5. The van der Waals surface area contributed by atoms with Crippen LogP contribution in [0, 0.1) is 5.92 Å². The van der Waals surface area contributed by atoms with Crippen molar-refractivity contribution in [3.63, 3.8) is 0 Å². The molecule has 2 atom stereocenters. The van der Waals surface area contributed by atoms with Crippen LogP contribution in [0.4, 0.5) is 4.79 Å². The van der Waals surface area contributed by atoms with Gasteiger partial charge in [-0.3, -0.25) is 0 Å². The molecule has 1 aliphatic rings. The maximum atomic E-state index is 12.2. The zero-order valence-corrected chi connectivity index (χ0v) is 16.4. The van der Waals surface area contributed by atoms with Crippen LogP contribution in [0.1, 0.15) is 41.5 Å². The van der Waals surface area contributed by atoms with Gasteiger partial charge in [0.15, 0.2) is 8.32 Å². The summed E-state index contributed by atoms with van der Waals surface area (Å²) in [7, 11) is -1.93. The van der Waals surface area contributed by atoms with Crippen LogP contribution in [-0.2, 0) is 9.16 Å². The van der Waals surface area contributed by atoms with E-state index in [1.165, 1.54) is 0 Å². The summed E-state index contributed by atoms with van der Waals surface area (Å²) >= 11 is 0. The number of ether oxygens (including phenoxy) is 1. The molecule has 1 amide bonds. The van der Waals surface area contributed by atoms with Crippen molar-refractivity contribution in [2.45, 2.75) is 71.4 Å². The van der Waals surface area contributed by atoms with Crippen LogP contribution >= 0.6 is 0 Å². The lowest BCUT2D eigenvalue weighted by molar-refractivity contribution is 0.0272. The van der Waals surface area contributed by atoms with E-state index in [1.54, 1.807) is 4.90 Å². The van der Waals surface area contributed by atoms with Gasteiger partial charge in [0.25, 0.3) is 0 Å². The maximum Gasteiger partial charge on any atom is 0.410 e. The molecule has 1 rings (SSSR count). The average molecular weight is 332 g/mol. The first-order chi connectivity index (χ1) is 9.77. The Balaban J connectivity index is 2.76. The number of aliphatic hydroxyl groups is 1. The van der Waals surface area contributed by atoms with Crippen LogP contribution in [-0.4, -0.2) is 55.8 Å². The Labute approximate surface area is 136 Å². The van der Waals surface area contributed by atoms with Gasteiger partial charge < -0.3 is 19.2 Å². The fourth-order valence-electron chi connectivity index (χ4n) is 2.18. The molecule has 1 heterocycles. The van der Waals surface area contributed by atoms with Crippen molar-refractivity contribution in [2.75, 3.05) is 19.7 Å². The molecule has 22 heavy (non-hydrogen) atoms. The summed E-state index contributed by atoms with van der Waals surface area (Å²) < 4.78 is 11.8. The minimum Gasteiger partial charge on any atom is -0.444 e. The smallest absolute Gasteiger partial charge is 0.410 e. The zero-order chi connectivity index (χ0) is 17.3. The number of hydrogen-bond donors (Lipinski definition) is 1. The number of rotatable bonds is 3. The molecule has 5 nitrogen and oxygen atoms in total. The normalized spacial score (nSPS) is 23.8. The first-order valence-electron chi connectivity index (χ1n) is 8.03. The molecule has 1 saturated heterocycles. The summed E-state index contributed by atoms with van der Waals surface area (Å²) in [5.74, 6) is -0.0401. The van der Waals surface area contributed by atoms with Crippen LogP contribution in [0.2, 0.25) is 18.1 Å². The average Bonchev–Trinajstić information content (AvgIpc) is 2.67. The number of carbonyl (C=O) groups excluding carboxylic acids is 1. The summed E-state index contributed by atoms with van der Waals surface area (Å²) in [6.07, 6.45) is -0.439. The Kier molecular flexibility index (Phi) is 5.74. The lowest BCUT2D eigenvalue weighted by Crippen LogP contribution is -2.46. The molecular weight excluding hydrogens is 298 g/mol. The third-order valence-corrected chi connectivity index (χ3v) is 9.02. The van der Waals surface area contributed by atoms with Crippen molar-refractivity contribution in [3.8, 4) is 0 Å². The fourth-order valence-corrected chi connectivity index (χ4v) is 3.56. The van der Waals surface area contributed by atoms with Gasteiger partial charge in [0.2, 0.25) is 0 Å². The molecule has 1 fully saturated rings. The van der Waals surface area contributed by atoms with Gasteiger partial charge in [-0.05, 0) is 38.9 Å². The molecule has 0 radical (unpaired) electrons. The molecule has 1 N–H and O–H groups in total. The number of nitrogens with zero attached hydrogens (tertiary/aromatic N) is 1. The number of hydrogen-bond acceptors (Lipinski definition) is 4. The summed E-state index contributed by atoms with van der Waals surface area (Å²) in [5.41, 5.74) is -0.510. The molecule has 0 bridgehead atoms. The van der Waals surface area contributed by atoms with Crippen LogP contribution in [0.25, 0.3) is 0 Å². The Morgan fingerprint density at radius 3 is 2.14 bits per heavy atom. The van der Waals surface area contributed by atoms with Gasteiger partial charge in [-0.1, -0.05) is 20.8 Å². The third kappa shape index (κ3) is 4.96. The van der Waals surface area contributed by atoms with E-state index in [1.807, 2.05) is 20.8 Å². The topological polar surface area (TPSA) is 59.0 Å². The zero-order valence-electron chi connectivity index (χ0n) is 15.4. The highest BCUT2D eigenvalue weighted by Gasteiger charge is 2.44. The van der Waals surface area contributed by atoms with Gasteiger partial charge in [-0.15, -0.1) is 0 Å². The second-order valence-corrected chi connectivity index (χ2v) is 13.5. The number of carbonyl (C=O) groups is 1. The van der Waals surface area contributed by atoms with E-state index < -0.39 is 13.9 Å². The van der Waals surface area contributed by atoms with Crippen molar-refractivity contribution < 1.29 is 19.1 Å². The Morgan fingerprint density at radius 2 is 1.73 bits per heavy atom. The Bertz CT molecular complexity index is 398. The highest BCUT2D eigenvalue weighted by Crippen LogP contribution is 2.39. The molecule has 0 aromatic rings. The fraction of sp³-hybridized carbons (Fsp3) is 0.938. The van der Waals surface area contributed by atoms with Crippen molar-refractivity contribution in [1.82, 2.24) is 4.90 Å². The molecule has 1 aliphatic heterocycles. The van der Waals surface area contributed by atoms with Gasteiger partial charge in [0, 0.05) is 19.0 Å². The molecule has 0 saturated carbocycles. The molecule has 0 aromatic heterocycles. The van der Waals surface area contributed by atoms with Gasteiger partial charge >= 0.3 is 6.09 Å². The lowest BCUT2D eigenvalue weighted by atomic mass is 10.1. The highest BCUT2D eigenvalue weighted by atomic mass is 28.4. The number of likely N-dealkylation sites (tertiary alicyclic amines) is 1. The first-order valence-corrected chi connectivity index (χ1v) is 10.9. The molecule has 0 unspecified atom stereocenters. The quantitative estimate of drug-likeness (QED) is 0.807. The van der Waals surface area contributed by atoms with Crippen molar-refractivity contribution >= 4 is 14.4 Å². The highest BCUT2D eigenvalue weighted by molar-refractivity contribution is 6.74. The Morgan fingerprint density at radius 1 is 1.18 bits per heavy atom. The van der Waals surface area contributed by atoms with E-state index in [4.69, 9.17) is 9.16 Å². The maximum absolute atomic E-state index is 12.2. The van der Waals surface area contributed by atoms with Crippen molar-refractivity contribution in [2.24, 2.45) is 5.92 Å². The van der Waals surface area contributed by atoms with Crippen LogP contribution in [0.15, 0.2) is 0 Å². The van der Waals surface area contributed by atoms with E-state index in [-0.39, 0.29) is 29.8 Å². The molecule has 130 valence electrons. The standard InChI is InChI=1S/C16H33NO4Si/c1-15(2,3)20-14(19)17-9-12(11-18)13(10-17)21-22(7,8)16(4,5)6/h12-13,18H,9-11H2,1-8H3/t12-,13-/m1/s1. The summed E-state index contributed by atoms with van der Waals surface area (Å²) in [5, 5.41) is 9.73. The van der Waals surface area contributed by atoms with Crippen LogP contribution in [0.3, 0.4) is 0 Å². The third-order valence-electron chi connectivity index (χ3n) is 4.52. The SMILES string of the molecule is CC(C)(C)OC(=O)N1C[C@H](CO)[C@H](O[Si](C)(C)C(C)(C)C)C1. The van der Waals surface area contributed by atoms with Crippen LogP contribution < -0.4 is 0 Å². The predicted molar refractivity (Wildman–Crippen MR) is 90.5 cm³/mol.